The van der Waals surface area contributed by atoms with Gasteiger partial charge in [-0.25, -0.2) is 0 Å². The van der Waals surface area contributed by atoms with Crippen LogP contribution in [0.1, 0.15) is 18.2 Å². The Morgan fingerprint density at radius 2 is 1.85 bits per heavy atom. The Balaban J connectivity index is 1.54. The molecule has 27 heavy (non-hydrogen) atoms. The minimum Gasteiger partial charge on any atom is -0.378 e. The van der Waals surface area contributed by atoms with E-state index in [1.807, 2.05) is 16.7 Å². The van der Waals surface area contributed by atoms with E-state index in [0.29, 0.717) is 52.5 Å². The summed E-state index contributed by atoms with van der Waals surface area (Å²) in [7, 11) is 0. The molecule has 1 amide bonds. The SMILES string of the molecule is CC(C(=O)N1CCOCC1)N1CCN(Cc2cccnc2C(F)(F)F)CC1. The lowest BCUT2D eigenvalue weighted by molar-refractivity contribution is -0.143. The maximum atomic E-state index is 13.1. The molecule has 3 heterocycles. The third-order valence-electron chi connectivity index (χ3n) is 5.19. The Bertz CT molecular complexity index is 642. The smallest absolute Gasteiger partial charge is 0.378 e. The second-order valence-corrected chi connectivity index (χ2v) is 6.93. The van der Waals surface area contributed by atoms with Gasteiger partial charge >= 0.3 is 6.18 Å². The molecule has 150 valence electrons. The molecule has 0 bridgehead atoms. The fraction of sp³-hybridized carbons (Fsp3) is 0.667. The largest absolute Gasteiger partial charge is 0.433 e. The Hall–Kier alpha value is -1.71. The number of halogens is 3. The third-order valence-corrected chi connectivity index (χ3v) is 5.19. The number of hydrogen-bond donors (Lipinski definition) is 0. The van der Waals surface area contributed by atoms with Crippen LogP contribution in [0.5, 0.6) is 0 Å². The summed E-state index contributed by atoms with van der Waals surface area (Å²) in [5.41, 5.74) is -0.626. The van der Waals surface area contributed by atoms with E-state index >= 15 is 0 Å². The molecule has 0 saturated carbocycles. The second-order valence-electron chi connectivity index (χ2n) is 6.93. The van der Waals surface area contributed by atoms with Gasteiger partial charge in [0.25, 0.3) is 0 Å². The first-order chi connectivity index (χ1) is 12.9. The van der Waals surface area contributed by atoms with Gasteiger partial charge in [-0.1, -0.05) is 6.07 Å². The van der Waals surface area contributed by atoms with Crippen LogP contribution < -0.4 is 0 Å². The molecule has 2 aliphatic heterocycles. The summed E-state index contributed by atoms with van der Waals surface area (Å²) in [6.45, 7) is 7.02. The van der Waals surface area contributed by atoms with Crippen molar-refractivity contribution >= 4 is 5.91 Å². The Labute approximate surface area is 156 Å². The molecule has 6 nitrogen and oxygen atoms in total. The van der Waals surface area contributed by atoms with Crippen LogP contribution in [-0.2, 0) is 22.3 Å². The van der Waals surface area contributed by atoms with Crippen LogP contribution in [0.4, 0.5) is 13.2 Å². The van der Waals surface area contributed by atoms with Gasteiger partial charge in [-0.2, -0.15) is 13.2 Å². The molecular weight excluding hydrogens is 361 g/mol. The van der Waals surface area contributed by atoms with Gasteiger partial charge < -0.3 is 9.64 Å². The summed E-state index contributed by atoms with van der Waals surface area (Å²) in [4.78, 5) is 22.0. The Morgan fingerprint density at radius 1 is 1.19 bits per heavy atom. The van der Waals surface area contributed by atoms with E-state index in [9.17, 15) is 18.0 Å². The molecule has 0 spiro atoms. The number of ether oxygens (including phenoxy) is 1. The number of carbonyl (C=O) groups is 1. The van der Waals surface area contributed by atoms with Crippen molar-refractivity contribution < 1.29 is 22.7 Å². The number of hydrogen-bond acceptors (Lipinski definition) is 5. The molecule has 9 heteroatoms. The number of morpholine rings is 1. The number of piperazine rings is 1. The van der Waals surface area contributed by atoms with Gasteiger partial charge in [0.05, 0.1) is 19.3 Å². The van der Waals surface area contributed by atoms with Crippen LogP contribution in [0, 0.1) is 0 Å². The van der Waals surface area contributed by atoms with Crippen molar-refractivity contribution in [2.45, 2.75) is 25.7 Å². The van der Waals surface area contributed by atoms with Gasteiger partial charge in [0.1, 0.15) is 5.69 Å². The monoisotopic (exact) mass is 386 g/mol. The lowest BCUT2D eigenvalue weighted by Gasteiger charge is -2.39. The minimum atomic E-state index is -4.45. The summed E-state index contributed by atoms with van der Waals surface area (Å²) < 4.78 is 44.6. The highest BCUT2D eigenvalue weighted by Gasteiger charge is 2.36. The predicted molar refractivity (Wildman–Crippen MR) is 93.0 cm³/mol. The Morgan fingerprint density at radius 3 is 2.48 bits per heavy atom. The lowest BCUT2D eigenvalue weighted by Crippen LogP contribution is -2.55. The van der Waals surface area contributed by atoms with E-state index in [1.54, 1.807) is 0 Å². The van der Waals surface area contributed by atoms with Gasteiger partial charge in [0, 0.05) is 52.0 Å². The lowest BCUT2D eigenvalue weighted by atomic mass is 10.1. The highest BCUT2D eigenvalue weighted by atomic mass is 19.4. The molecule has 0 aromatic carbocycles. The van der Waals surface area contributed by atoms with Gasteiger partial charge in [0.2, 0.25) is 5.91 Å². The normalized spacial score (nSPS) is 21.3. The number of aromatic nitrogens is 1. The first-order valence-corrected chi connectivity index (χ1v) is 9.20. The zero-order valence-corrected chi connectivity index (χ0v) is 15.4. The molecule has 3 rings (SSSR count). The van der Waals surface area contributed by atoms with Crippen LogP contribution in [0.25, 0.3) is 0 Å². The molecule has 2 fully saturated rings. The molecule has 1 aromatic heterocycles. The van der Waals surface area contributed by atoms with Crippen LogP contribution in [-0.4, -0.2) is 84.1 Å². The van der Waals surface area contributed by atoms with E-state index < -0.39 is 11.9 Å². The molecule has 1 aromatic rings. The number of amides is 1. The van der Waals surface area contributed by atoms with Gasteiger partial charge in [-0.3, -0.25) is 19.6 Å². The Kier molecular flexibility index (Phi) is 6.33. The first-order valence-electron chi connectivity index (χ1n) is 9.20. The van der Waals surface area contributed by atoms with Crippen LogP contribution in [0.3, 0.4) is 0 Å². The van der Waals surface area contributed by atoms with Gasteiger partial charge in [-0.05, 0) is 18.6 Å². The van der Waals surface area contributed by atoms with Crippen LogP contribution >= 0.6 is 0 Å². The number of nitrogens with zero attached hydrogens (tertiary/aromatic N) is 4. The summed E-state index contributed by atoms with van der Waals surface area (Å²) in [6, 6.07) is 2.78. The van der Waals surface area contributed by atoms with E-state index in [4.69, 9.17) is 4.74 Å². The topological polar surface area (TPSA) is 48.9 Å². The van der Waals surface area contributed by atoms with Crippen LogP contribution in [0.15, 0.2) is 18.3 Å². The van der Waals surface area contributed by atoms with E-state index in [1.165, 1.54) is 18.3 Å². The average molecular weight is 386 g/mol. The van der Waals surface area contributed by atoms with Crippen molar-refractivity contribution in [3.63, 3.8) is 0 Å². The third kappa shape index (κ3) is 4.97. The maximum absolute atomic E-state index is 13.1. The summed E-state index contributed by atoms with van der Waals surface area (Å²) >= 11 is 0. The van der Waals surface area contributed by atoms with Crippen molar-refractivity contribution in [2.75, 3.05) is 52.5 Å². The molecule has 2 saturated heterocycles. The first kappa shape index (κ1) is 20.0. The number of rotatable bonds is 4. The van der Waals surface area contributed by atoms with Crippen molar-refractivity contribution in [1.29, 1.82) is 0 Å². The van der Waals surface area contributed by atoms with Gasteiger partial charge in [0.15, 0.2) is 0 Å². The number of carbonyl (C=O) groups excluding carboxylic acids is 1. The number of alkyl halides is 3. The quantitative estimate of drug-likeness (QED) is 0.784. The van der Waals surface area contributed by atoms with Gasteiger partial charge in [-0.15, -0.1) is 0 Å². The molecule has 1 atom stereocenters. The van der Waals surface area contributed by atoms with Crippen molar-refractivity contribution in [3.05, 3.63) is 29.6 Å². The van der Waals surface area contributed by atoms with Crippen molar-refractivity contribution in [2.24, 2.45) is 0 Å². The predicted octanol–water partition coefficient (Wildman–Crippen LogP) is 1.47. The highest BCUT2D eigenvalue weighted by Crippen LogP contribution is 2.30. The number of pyridine rings is 1. The van der Waals surface area contributed by atoms with E-state index in [-0.39, 0.29) is 24.1 Å². The molecular formula is C18H25F3N4O2. The zero-order chi connectivity index (χ0) is 19.4. The van der Waals surface area contributed by atoms with E-state index in [2.05, 4.69) is 9.88 Å². The maximum Gasteiger partial charge on any atom is 0.433 e. The molecule has 0 radical (unpaired) electrons. The fourth-order valence-electron chi connectivity index (χ4n) is 3.58. The van der Waals surface area contributed by atoms with Crippen LogP contribution in [0.2, 0.25) is 0 Å². The molecule has 2 aliphatic rings. The summed E-state index contributed by atoms with van der Waals surface area (Å²) in [5, 5.41) is 0. The van der Waals surface area contributed by atoms with Crippen molar-refractivity contribution in [3.8, 4) is 0 Å². The molecule has 0 aliphatic carbocycles. The summed E-state index contributed by atoms with van der Waals surface area (Å²) in [6.07, 6.45) is -3.28. The second kappa shape index (κ2) is 8.53. The minimum absolute atomic E-state index is 0.0957. The van der Waals surface area contributed by atoms with Crippen molar-refractivity contribution in [1.82, 2.24) is 19.7 Å². The standard InChI is InChI=1S/C18H25F3N4O2/c1-14(17(26)25-9-11-27-12-10-25)24-7-5-23(6-8-24)13-15-3-2-4-22-16(15)18(19,20)21/h2-4,14H,5-13H2,1H3. The average Bonchev–Trinajstić information content (AvgIpc) is 2.68. The van der Waals surface area contributed by atoms with E-state index in [0.717, 1.165) is 0 Å². The fourth-order valence-corrected chi connectivity index (χ4v) is 3.58. The zero-order valence-electron chi connectivity index (χ0n) is 15.4. The molecule has 0 N–H and O–H groups in total. The molecule has 1 unspecified atom stereocenters. The highest BCUT2D eigenvalue weighted by molar-refractivity contribution is 5.81. The summed E-state index contributed by atoms with van der Waals surface area (Å²) in [5.74, 6) is 0.0957.